The van der Waals surface area contributed by atoms with Gasteiger partial charge in [-0.25, -0.2) is 0 Å². The summed E-state index contributed by atoms with van der Waals surface area (Å²) in [6.45, 7) is 4.90. The molecule has 0 radical (unpaired) electrons. The maximum Gasteiger partial charge on any atom is 0.224 e. The summed E-state index contributed by atoms with van der Waals surface area (Å²) in [5.74, 6) is 3.67. The largest absolute Gasteiger partial charge is 0.350 e. The van der Waals surface area contributed by atoms with Crippen LogP contribution >= 0.6 is 22.9 Å². The minimum atomic E-state index is -0.0484. The minimum Gasteiger partial charge on any atom is -0.350 e. The summed E-state index contributed by atoms with van der Waals surface area (Å²) >= 11 is 8.49. The Morgan fingerprint density at radius 1 is 1.26 bits per heavy atom. The maximum atomic E-state index is 13.5. The average molecular weight is 508 g/mol. The standard InChI is InChI=1S/C27H30ClN5OS/c1-3-15-10-27(11-17(15)12-27)30-25(34)16-8-19-21(9-16)35-26-23(19)24(18-6-4-5-7-20(18)28)29-13-22-32-31-14(2)33(22)26/h4-7,15-17,24,29H,3,8-13H2,1-2H3,(H,30,34)/t15?,16-,17?,24-,27?/m0/s1. The highest BCUT2D eigenvalue weighted by Crippen LogP contribution is 2.57. The van der Waals surface area contributed by atoms with Gasteiger partial charge in [0.25, 0.3) is 0 Å². The summed E-state index contributed by atoms with van der Waals surface area (Å²) in [5, 5.41) is 17.9. The molecule has 2 aromatic heterocycles. The number of carbonyl (C=O) groups is 1. The molecule has 2 bridgehead atoms. The van der Waals surface area contributed by atoms with E-state index in [2.05, 4.69) is 38.4 Å². The Balaban J connectivity index is 1.23. The van der Waals surface area contributed by atoms with Crippen molar-refractivity contribution in [2.24, 2.45) is 17.8 Å². The summed E-state index contributed by atoms with van der Waals surface area (Å²) in [4.78, 5) is 14.8. The van der Waals surface area contributed by atoms with Gasteiger partial charge in [-0.3, -0.25) is 14.7 Å². The van der Waals surface area contributed by atoms with E-state index in [9.17, 15) is 4.79 Å². The Morgan fingerprint density at radius 3 is 2.86 bits per heavy atom. The number of nitrogens with one attached hydrogen (secondary N) is 2. The van der Waals surface area contributed by atoms with Crippen molar-refractivity contribution >= 4 is 28.8 Å². The molecule has 4 aliphatic carbocycles. The summed E-state index contributed by atoms with van der Waals surface area (Å²) in [7, 11) is 0. The SMILES string of the molecule is CCC1CC2(NC(=O)[C@@H]3Cc4sc5c(c4C3)[C@H](c3ccccc3Cl)NCc3nnc(C)n3-5)CC1C2. The monoisotopic (exact) mass is 507 g/mol. The lowest BCUT2D eigenvalue weighted by molar-refractivity contribution is -0.127. The van der Waals surface area contributed by atoms with Crippen molar-refractivity contribution in [1.82, 2.24) is 25.4 Å². The molecule has 2 N–H and O–H groups in total. The van der Waals surface area contributed by atoms with Gasteiger partial charge in [0.05, 0.1) is 12.6 Å². The highest BCUT2D eigenvalue weighted by Gasteiger charge is 2.56. The van der Waals surface area contributed by atoms with Crippen LogP contribution in [0.3, 0.4) is 0 Å². The molecular weight excluding hydrogens is 478 g/mol. The van der Waals surface area contributed by atoms with E-state index in [1.807, 2.05) is 25.1 Å². The third kappa shape index (κ3) is 3.27. The molecule has 1 aromatic carbocycles. The third-order valence-electron chi connectivity index (χ3n) is 8.97. The first kappa shape index (κ1) is 22.0. The van der Waals surface area contributed by atoms with Crippen molar-refractivity contribution in [3.05, 3.63) is 62.5 Å². The van der Waals surface area contributed by atoms with Crippen molar-refractivity contribution in [3.63, 3.8) is 0 Å². The van der Waals surface area contributed by atoms with E-state index in [1.165, 1.54) is 40.3 Å². The predicted octanol–water partition coefficient (Wildman–Crippen LogP) is 4.89. The Bertz CT molecular complexity index is 1340. The molecule has 8 rings (SSSR count). The van der Waals surface area contributed by atoms with Crippen LogP contribution in [0.5, 0.6) is 0 Å². The van der Waals surface area contributed by atoms with Crippen LogP contribution < -0.4 is 10.6 Å². The van der Waals surface area contributed by atoms with E-state index in [1.54, 1.807) is 11.3 Å². The molecule has 1 unspecified atom stereocenters. The Hall–Kier alpha value is -2.22. The van der Waals surface area contributed by atoms with Crippen molar-refractivity contribution in [2.45, 2.75) is 70.5 Å². The number of hydrogen-bond donors (Lipinski definition) is 2. The van der Waals surface area contributed by atoms with Crippen LogP contribution in [0.4, 0.5) is 0 Å². The lowest BCUT2D eigenvalue weighted by atomic mass is 9.75. The first-order valence-corrected chi connectivity index (χ1v) is 14.0. The molecule has 35 heavy (non-hydrogen) atoms. The predicted molar refractivity (Wildman–Crippen MR) is 137 cm³/mol. The molecule has 6 nitrogen and oxygen atoms in total. The third-order valence-corrected chi connectivity index (χ3v) is 10.6. The molecule has 3 aromatic rings. The first-order chi connectivity index (χ1) is 17.0. The number of hydrogen-bond acceptors (Lipinski definition) is 5. The number of rotatable bonds is 4. The molecule has 182 valence electrons. The second kappa shape index (κ2) is 7.89. The lowest BCUT2D eigenvalue weighted by Crippen LogP contribution is -2.53. The van der Waals surface area contributed by atoms with Gasteiger partial charge in [0, 0.05) is 26.9 Å². The van der Waals surface area contributed by atoms with E-state index in [-0.39, 0.29) is 23.4 Å². The van der Waals surface area contributed by atoms with Crippen LogP contribution in [0.25, 0.3) is 5.00 Å². The van der Waals surface area contributed by atoms with E-state index in [0.717, 1.165) is 53.3 Å². The normalized spacial score (nSPS) is 30.3. The fourth-order valence-electron chi connectivity index (χ4n) is 7.25. The average Bonchev–Trinajstić information content (AvgIpc) is 3.59. The molecule has 3 fully saturated rings. The number of aryl methyl sites for hydroxylation is 1. The number of fused-ring (bicyclic) bond motifs is 6. The topological polar surface area (TPSA) is 71.8 Å². The second-order valence-electron chi connectivity index (χ2n) is 11.0. The van der Waals surface area contributed by atoms with E-state index >= 15 is 0 Å². The summed E-state index contributed by atoms with van der Waals surface area (Å²) < 4.78 is 2.19. The van der Waals surface area contributed by atoms with Crippen LogP contribution in [-0.2, 0) is 24.2 Å². The van der Waals surface area contributed by atoms with Crippen LogP contribution in [0.2, 0.25) is 5.02 Å². The first-order valence-electron chi connectivity index (χ1n) is 12.8. The molecule has 1 amide bonds. The molecule has 5 aliphatic rings. The van der Waals surface area contributed by atoms with Gasteiger partial charge in [-0.2, -0.15) is 0 Å². The van der Waals surface area contributed by atoms with E-state index in [0.29, 0.717) is 6.54 Å². The summed E-state index contributed by atoms with van der Waals surface area (Å²) in [6.07, 6.45) is 6.34. The van der Waals surface area contributed by atoms with Crippen molar-refractivity contribution in [3.8, 4) is 5.00 Å². The van der Waals surface area contributed by atoms with Gasteiger partial charge >= 0.3 is 0 Å². The Morgan fingerprint density at radius 2 is 2.09 bits per heavy atom. The zero-order valence-electron chi connectivity index (χ0n) is 20.1. The molecule has 3 heterocycles. The number of thiophene rings is 1. The number of aromatic nitrogens is 3. The van der Waals surface area contributed by atoms with Gasteiger partial charge in [0.15, 0.2) is 5.82 Å². The Labute approximate surface area is 214 Å². The van der Waals surface area contributed by atoms with Gasteiger partial charge in [0.2, 0.25) is 5.91 Å². The van der Waals surface area contributed by atoms with Crippen LogP contribution in [0.15, 0.2) is 24.3 Å². The van der Waals surface area contributed by atoms with Crippen LogP contribution in [-0.4, -0.2) is 26.2 Å². The molecule has 0 spiro atoms. The fourth-order valence-corrected chi connectivity index (χ4v) is 9.01. The van der Waals surface area contributed by atoms with Crippen LogP contribution in [0.1, 0.15) is 71.9 Å². The van der Waals surface area contributed by atoms with E-state index < -0.39 is 0 Å². The highest BCUT2D eigenvalue weighted by molar-refractivity contribution is 7.15. The number of halogens is 1. The smallest absolute Gasteiger partial charge is 0.224 e. The molecule has 3 saturated carbocycles. The summed E-state index contributed by atoms with van der Waals surface area (Å²) in [5.41, 5.74) is 3.69. The number of amides is 1. The van der Waals surface area contributed by atoms with E-state index in [4.69, 9.17) is 11.6 Å². The minimum absolute atomic E-state index is 0.00674. The molecule has 0 saturated heterocycles. The zero-order valence-corrected chi connectivity index (χ0v) is 21.7. The van der Waals surface area contributed by atoms with Crippen molar-refractivity contribution in [1.29, 1.82) is 0 Å². The fraction of sp³-hybridized carbons (Fsp3) is 0.519. The van der Waals surface area contributed by atoms with Gasteiger partial charge < -0.3 is 5.32 Å². The van der Waals surface area contributed by atoms with Crippen LogP contribution in [0, 0.1) is 24.7 Å². The van der Waals surface area contributed by atoms with Gasteiger partial charge in [0.1, 0.15) is 10.8 Å². The quantitative estimate of drug-likeness (QED) is 0.527. The maximum absolute atomic E-state index is 13.5. The Kier molecular flexibility index (Phi) is 4.96. The number of benzene rings is 1. The van der Waals surface area contributed by atoms with Crippen molar-refractivity contribution in [2.75, 3.05) is 0 Å². The lowest BCUT2D eigenvalue weighted by Gasteiger charge is -2.40. The number of carbonyl (C=O) groups excluding carboxylic acids is 1. The molecule has 8 heteroatoms. The number of nitrogens with zero attached hydrogens (tertiary/aromatic N) is 3. The second-order valence-corrected chi connectivity index (χ2v) is 12.5. The molecule has 3 atom stereocenters. The van der Waals surface area contributed by atoms with Gasteiger partial charge in [-0.15, -0.1) is 21.5 Å². The molecular formula is C27H30ClN5OS. The zero-order chi connectivity index (χ0) is 23.9. The van der Waals surface area contributed by atoms with Crippen molar-refractivity contribution < 1.29 is 4.79 Å². The highest BCUT2D eigenvalue weighted by atomic mass is 35.5. The summed E-state index contributed by atoms with van der Waals surface area (Å²) in [6, 6.07) is 8.01. The van der Waals surface area contributed by atoms with Gasteiger partial charge in [-0.1, -0.05) is 43.1 Å². The van der Waals surface area contributed by atoms with Gasteiger partial charge in [-0.05, 0) is 68.1 Å². The molecule has 1 aliphatic heterocycles.